The molecular weight excluding hydrogens is 253 g/mol. The molecule has 0 fully saturated rings. The fraction of sp³-hybridized carbons (Fsp3) is 0.556. The van der Waals surface area contributed by atoms with Gasteiger partial charge in [-0.25, -0.2) is 4.39 Å². The molecule has 0 aliphatic heterocycles. The summed E-state index contributed by atoms with van der Waals surface area (Å²) < 4.78 is 15.1. The summed E-state index contributed by atoms with van der Waals surface area (Å²) in [5, 5.41) is 1.87. The highest BCUT2D eigenvalue weighted by molar-refractivity contribution is 9.10. The van der Waals surface area contributed by atoms with E-state index in [4.69, 9.17) is 5.73 Å². The van der Waals surface area contributed by atoms with Crippen LogP contribution >= 0.6 is 27.3 Å². The second kappa shape index (κ2) is 4.07. The lowest BCUT2D eigenvalue weighted by Gasteiger charge is -2.27. The lowest BCUT2D eigenvalue weighted by Crippen LogP contribution is -2.35. The largest absolute Gasteiger partial charge is 0.327 e. The zero-order valence-corrected chi connectivity index (χ0v) is 10.1. The molecule has 4 heteroatoms. The van der Waals surface area contributed by atoms with Crippen LogP contribution in [0.5, 0.6) is 0 Å². The van der Waals surface area contributed by atoms with Gasteiger partial charge < -0.3 is 5.73 Å². The molecule has 1 aromatic rings. The van der Waals surface area contributed by atoms with Gasteiger partial charge in [0.25, 0.3) is 0 Å². The van der Waals surface area contributed by atoms with Gasteiger partial charge in [-0.3, -0.25) is 0 Å². The SMILES string of the molecule is CC(C)C(F)(CN)c1sccc1Br. The topological polar surface area (TPSA) is 26.0 Å². The van der Waals surface area contributed by atoms with Crippen LogP contribution in [0.15, 0.2) is 15.9 Å². The Balaban J connectivity index is 3.10. The number of halogens is 2. The molecule has 0 amide bonds. The first-order valence-electron chi connectivity index (χ1n) is 4.14. The molecule has 1 aromatic heterocycles. The summed E-state index contributed by atoms with van der Waals surface area (Å²) in [7, 11) is 0. The summed E-state index contributed by atoms with van der Waals surface area (Å²) in [6.45, 7) is 3.72. The fourth-order valence-electron chi connectivity index (χ4n) is 1.18. The molecule has 1 nitrogen and oxygen atoms in total. The Hall–Kier alpha value is 0.0700. The minimum Gasteiger partial charge on any atom is -0.327 e. The van der Waals surface area contributed by atoms with Crippen molar-refractivity contribution < 1.29 is 4.39 Å². The molecule has 0 radical (unpaired) electrons. The third-order valence-corrected chi connectivity index (χ3v) is 4.20. The van der Waals surface area contributed by atoms with Crippen molar-refractivity contribution in [2.24, 2.45) is 11.7 Å². The van der Waals surface area contributed by atoms with Crippen molar-refractivity contribution in [2.45, 2.75) is 19.5 Å². The molecule has 0 saturated heterocycles. The standard InChI is InChI=1S/C9H13BrFNS/c1-6(2)9(11,5-12)8-7(10)3-4-13-8/h3-4,6H,5,12H2,1-2H3. The molecule has 0 aromatic carbocycles. The Bertz CT molecular complexity index is 287. The van der Waals surface area contributed by atoms with Crippen LogP contribution in [0.2, 0.25) is 0 Å². The maximum absolute atomic E-state index is 14.3. The second-order valence-corrected chi connectivity index (χ2v) is 5.09. The zero-order valence-electron chi connectivity index (χ0n) is 7.68. The maximum Gasteiger partial charge on any atom is 0.160 e. The van der Waals surface area contributed by atoms with Gasteiger partial charge in [-0.1, -0.05) is 13.8 Å². The molecule has 0 bridgehead atoms. The molecule has 0 saturated carbocycles. The average molecular weight is 266 g/mol. The van der Waals surface area contributed by atoms with Gasteiger partial charge in [-0.15, -0.1) is 11.3 Å². The summed E-state index contributed by atoms with van der Waals surface area (Å²) in [6.07, 6.45) is 0. The van der Waals surface area contributed by atoms with Gasteiger partial charge >= 0.3 is 0 Å². The predicted molar refractivity (Wildman–Crippen MR) is 58.7 cm³/mol. The Morgan fingerprint density at radius 1 is 1.69 bits per heavy atom. The van der Waals surface area contributed by atoms with Gasteiger partial charge in [0.05, 0.1) is 4.88 Å². The molecule has 1 rings (SSSR count). The van der Waals surface area contributed by atoms with Crippen molar-refractivity contribution in [3.05, 3.63) is 20.8 Å². The highest BCUT2D eigenvalue weighted by atomic mass is 79.9. The maximum atomic E-state index is 14.3. The van der Waals surface area contributed by atoms with Gasteiger partial charge in [0.15, 0.2) is 5.67 Å². The van der Waals surface area contributed by atoms with Gasteiger partial charge in [0, 0.05) is 11.0 Å². The van der Waals surface area contributed by atoms with E-state index < -0.39 is 5.67 Å². The highest BCUT2D eigenvalue weighted by Gasteiger charge is 2.36. The van der Waals surface area contributed by atoms with Crippen LogP contribution in [0.4, 0.5) is 4.39 Å². The normalized spacial score (nSPS) is 16.2. The average Bonchev–Trinajstić information content (AvgIpc) is 2.50. The first-order valence-corrected chi connectivity index (χ1v) is 5.82. The lowest BCUT2D eigenvalue weighted by atomic mass is 9.91. The summed E-state index contributed by atoms with van der Waals surface area (Å²) in [4.78, 5) is 0.699. The van der Waals surface area contributed by atoms with E-state index in [0.29, 0.717) is 4.88 Å². The van der Waals surface area contributed by atoms with E-state index >= 15 is 0 Å². The van der Waals surface area contributed by atoms with Gasteiger partial charge in [-0.05, 0) is 33.3 Å². The lowest BCUT2D eigenvalue weighted by molar-refractivity contribution is 0.113. The Labute approximate surface area is 90.3 Å². The second-order valence-electron chi connectivity index (χ2n) is 3.32. The highest BCUT2D eigenvalue weighted by Crippen LogP contribution is 2.40. The summed E-state index contributed by atoms with van der Waals surface area (Å²) in [5.74, 6) is -0.104. The van der Waals surface area contributed by atoms with Crippen LogP contribution in [0, 0.1) is 5.92 Å². The van der Waals surface area contributed by atoms with Crippen LogP contribution in [0.1, 0.15) is 18.7 Å². The molecule has 1 atom stereocenters. The Kier molecular flexibility index (Phi) is 3.49. The molecular formula is C9H13BrFNS. The van der Waals surface area contributed by atoms with Crippen LogP contribution in [-0.2, 0) is 5.67 Å². The molecule has 1 unspecified atom stereocenters. The minimum absolute atomic E-state index is 0.0315. The van der Waals surface area contributed by atoms with E-state index in [1.807, 2.05) is 25.3 Å². The first kappa shape index (κ1) is 11.1. The van der Waals surface area contributed by atoms with Crippen molar-refractivity contribution in [2.75, 3.05) is 6.54 Å². The molecule has 1 heterocycles. The number of thiophene rings is 1. The van der Waals surface area contributed by atoms with Crippen molar-refractivity contribution in [3.8, 4) is 0 Å². The third-order valence-electron chi connectivity index (χ3n) is 2.21. The van der Waals surface area contributed by atoms with E-state index in [1.165, 1.54) is 11.3 Å². The fourth-order valence-corrected chi connectivity index (χ4v) is 3.13. The molecule has 2 N–H and O–H groups in total. The molecule has 0 spiro atoms. The van der Waals surface area contributed by atoms with Gasteiger partial charge in [0.2, 0.25) is 0 Å². The number of nitrogens with two attached hydrogens (primary N) is 1. The molecule has 74 valence electrons. The Morgan fingerprint density at radius 3 is 2.62 bits per heavy atom. The monoisotopic (exact) mass is 265 g/mol. The van der Waals surface area contributed by atoms with Crippen molar-refractivity contribution >= 4 is 27.3 Å². The van der Waals surface area contributed by atoms with Gasteiger partial charge in [-0.2, -0.15) is 0 Å². The Morgan fingerprint density at radius 2 is 2.31 bits per heavy atom. The number of alkyl halides is 1. The molecule has 13 heavy (non-hydrogen) atoms. The van der Waals surface area contributed by atoms with Crippen molar-refractivity contribution in [1.82, 2.24) is 0 Å². The van der Waals surface area contributed by atoms with E-state index in [0.717, 1.165) is 4.47 Å². The first-order chi connectivity index (χ1) is 6.02. The van der Waals surface area contributed by atoms with E-state index in [1.54, 1.807) is 0 Å². The number of hydrogen-bond donors (Lipinski definition) is 1. The predicted octanol–water partition coefficient (Wildman–Crippen LogP) is 3.29. The van der Waals surface area contributed by atoms with Gasteiger partial charge in [0.1, 0.15) is 0 Å². The smallest absolute Gasteiger partial charge is 0.160 e. The number of hydrogen-bond acceptors (Lipinski definition) is 2. The van der Waals surface area contributed by atoms with Crippen molar-refractivity contribution in [3.63, 3.8) is 0 Å². The van der Waals surface area contributed by atoms with E-state index in [2.05, 4.69) is 15.9 Å². The van der Waals surface area contributed by atoms with Crippen LogP contribution < -0.4 is 5.73 Å². The van der Waals surface area contributed by atoms with Crippen LogP contribution in [-0.4, -0.2) is 6.54 Å². The van der Waals surface area contributed by atoms with Crippen molar-refractivity contribution in [1.29, 1.82) is 0 Å². The van der Waals surface area contributed by atoms with Crippen LogP contribution in [0.25, 0.3) is 0 Å². The molecule has 0 aliphatic rings. The zero-order chi connectivity index (χ0) is 10.1. The third kappa shape index (κ3) is 1.95. The summed E-state index contributed by atoms with van der Waals surface area (Å²) in [5.41, 5.74) is 4.08. The van der Waals surface area contributed by atoms with E-state index in [-0.39, 0.29) is 12.5 Å². The molecule has 0 aliphatic carbocycles. The minimum atomic E-state index is -1.40. The van der Waals surface area contributed by atoms with E-state index in [9.17, 15) is 4.39 Å². The summed E-state index contributed by atoms with van der Waals surface area (Å²) in [6, 6.07) is 1.85. The quantitative estimate of drug-likeness (QED) is 0.892. The number of rotatable bonds is 3. The van der Waals surface area contributed by atoms with Crippen LogP contribution in [0.3, 0.4) is 0 Å². The summed E-state index contributed by atoms with van der Waals surface area (Å²) >= 11 is 4.73.